The van der Waals surface area contributed by atoms with Crippen molar-refractivity contribution in [1.82, 2.24) is 4.98 Å². The van der Waals surface area contributed by atoms with Crippen molar-refractivity contribution >= 4 is 16.9 Å². The van der Waals surface area contributed by atoms with Gasteiger partial charge in [-0.2, -0.15) is 0 Å². The van der Waals surface area contributed by atoms with Crippen LogP contribution in [0.25, 0.3) is 21.3 Å². The maximum absolute atomic E-state index is 11.9. The van der Waals surface area contributed by atoms with Crippen LogP contribution in [0, 0.1) is 0 Å². The second kappa shape index (κ2) is 4.58. The number of hydrogen-bond donors (Lipinski definition) is 1. The molecule has 1 aromatic heterocycles. The highest BCUT2D eigenvalue weighted by atomic mass is 16.5. The van der Waals surface area contributed by atoms with E-state index < -0.39 is 17.4 Å². The Labute approximate surface area is 115 Å². The molecule has 1 unspecified atom stereocenters. The number of rotatable bonds is 4. The van der Waals surface area contributed by atoms with E-state index in [1.807, 2.05) is 30.5 Å². The van der Waals surface area contributed by atoms with Crippen LogP contribution in [0.1, 0.15) is 18.4 Å². The van der Waals surface area contributed by atoms with Crippen LogP contribution in [0.3, 0.4) is 0 Å². The molecule has 0 spiro atoms. The van der Waals surface area contributed by atoms with Gasteiger partial charge in [0.1, 0.15) is 6.04 Å². The standard InChI is InChI=1S/C14H14N4O2/c1-20-13(19)12(17-18-15)14(6-7-14)10-8-16-11-5-3-2-4-9(10)11/h2-5,8,12,16H,6-7H2,1H3. The number of carbonyl (C=O) groups is 1. The molecule has 1 N–H and O–H groups in total. The molecule has 0 radical (unpaired) electrons. The summed E-state index contributed by atoms with van der Waals surface area (Å²) in [6.07, 6.45) is 3.53. The number of nitrogens with zero attached hydrogens (tertiary/aromatic N) is 3. The Balaban J connectivity index is 2.11. The third-order valence-electron chi connectivity index (χ3n) is 4.03. The molecule has 1 heterocycles. The second-order valence-corrected chi connectivity index (χ2v) is 5.03. The average Bonchev–Trinajstić information content (AvgIpc) is 3.16. The summed E-state index contributed by atoms with van der Waals surface area (Å²) < 4.78 is 4.79. The monoisotopic (exact) mass is 270 g/mol. The van der Waals surface area contributed by atoms with Gasteiger partial charge in [-0.3, -0.25) is 4.79 Å². The molecule has 1 aliphatic rings. The molecule has 102 valence electrons. The quantitative estimate of drug-likeness (QED) is 0.400. The predicted octanol–water partition coefficient (Wildman–Crippen LogP) is 3.05. The Hall–Kier alpha value is -2.46. The van der Waals surface area contributed by atoms with E-state index in [2.05, 4.69) is 15.0 Å². The molecule has 0 amide bonds. The lowest BCUT2D eigenvalue weighted by atomic mass is 9.88. The number of ether oxygens (including phenoxy) is 1. The van der Waals surface area contributed by atoms with E-state index in [-0.39, 0.29) is 0 Å². The summed E-state index contributed by atoms with van der Waals surface area (Å²) in [5.41, 5.74) is 10.3. The fourth-order valence-corrected chi connectivity index (χ4v) is 2.85. The zero-order valence-electron chi connectivity index (χ0n) is 11.0. The van der Waals surface area contributed by atoms with E-state index in [0.717, 1.165) is 29.3 Å². The number of nitrogens with one attached hydrogen (secondary N) is 1. The van der Waals surface area contributed by atoms with Crippen molar-refractivity contribution in [3.8, 4) is 0 Å². The number of aromatic amines is 1. The molecule has 3 rings (SSSR count). The van der Waals surface area contributed by atoms with E-state index in [4.69, 9.17) is 10.3 Å². The maximum Gasteiger partial charge on any atom is 0.315 e. The first-order valence-corrected chi connectivity index (χ1v) is 6.41. The predicted molar refractivity (Wildman–Crippen MR) is 74.2 cm³/mol. The minimum Gasteiger partial charge on any atom is -0.469 e. The molecular formula is C14H14N4O2. The summed E-state index contributed by atoms with van der Waals surface area (Å²) in [6, 6.07) is 7.09. The van der Waals surface area contributed by atoms with Gasteiger partial charge in [-0.05, 0) is 30.0 Å². The molecule has 1 saturated carbocycles. The molecule has 20 heavy (non-hydrogen) atoms. The van der Waals surface area contributed by atoms with Crippen molar-refractivity contribution in [2.75, 3.05) is 7.11 Å². The first-order valence-electron chi connectivity index (χ1n) is 6.41. The van der Waals surface area contributed by atoms with Crippen LogP contribution < -0.4 is 0 Å². The lowest BCUT2D eigenvalue weighted by Gasteiger charge is -2.20. The minimum absolute atomic E-state index is 0.432. The van der Waals surface area contributed by atoms with Crippen molar-refractivity contribution in [2.45, 2.75) is 24.3 Å². The maximum atomic E-state index is 11.9. The van der Waals surface area contributed by atoms with Gasteiger partial charge < -0.3 is 9.72 Å². The fraction of sp³-hybridized carbons (Fsp3) is 0.357. The van der Waals surface area contributed by atoms with Gasteiger partial charge in [-0.1, -0.05) is 23.3 Å². The Kier molecular flexibility index (Phi) is 2.88. The number of para-hydroxylation sites is 1. The van der Waals surface area contributed by atoms with Crippen LogP contribution in [-0.2, 0) is 14.9 Å². The smallest absolute Gasteiger partial charge is 0.315 e. The third-order valence-corrected chi connectivity index (χ3v) is 4.03. The molecule has 1 aromatic carbocycles. The minimum atomic E-state index is -0.809. The van der Waals surface area contributed by atoms with E-state index in [1.165, 1.54) is 7.11 Å². The molecule has 0 aliphatic heterocycles. The first-order chi connectivity index (χ1) is 9.73. The van der Waals surface area contributed by atoms with Crippen molar-refractivity contribution in [2.24, 2.45) is 5.11 Å². The zero-order valence-corrected chi connectivity index (χ0v) is 11.0. The summed E-state index contributed by atoms with van der Waals surface area (Å²) in [5.74, 6) is -0.481. The number of aromatic nitrogens is 1. The molecule has 2 aromatic rings. The van der Waals surface area contributed by atoms with Crippen LogP contribution in [0.15, 0.2) is 35.6 Å². The van der Waals surface area contributed by atoms with E-state index in [9.17, 15) is 4.79 Å². The summed E-state index contributed by atoms with van der Waals surface area (Å²) >= 11 is 0. The Bertz CT molecular complexity index is 711. The van der Waals surface area contributed by atoms with Gasteiger partial charge in [0.2, 0.25) is 0 Å². The molecule has 6 nitrogen and oxygen atoms in total. The number of esters is 1. The van der Waals surface area contributed by atoms with Crippen molar-refractivity contribution in [3.05, 3.63) is 46.5 Å². The average molecular weight is 270 g/mol. The molecule has 1 aliphatic carbocycles. The molecular weight excluding hydrogens is 256 g/mol. The topological polar surface area (TPSA) is 90.8 Å². The summed E-state index contributed by atoms with van der Waals surface area (Å²) in [5, 5.41) is 4.75. The van der Waals surface area contributed by atoms with Crippen LogP contribution in [0.2, 0.25) is 0 Å². The Morgan fingerprint density at radius 2 is 2.25 bits per heavy atom. The lowest BCUT2D eigenvalue weighted by molar-refractivity contribution is -0.143. The molecule has 1 atom stereocenters. The van der Waals surface area contributed by atoms with Crippen LogP contribution >= 0.6 is 0 Å². The SMILES string of the molecule is COC(=O)C(N=[N+]=[N-])C1(c2c[nH]c3ccccc23)CC1. The van der Waals surface area contributed by atoms with Crippen LogP contribution in [0.4, 0.5) is 0 Å². The van der Waals surface area contributed by atoms with Gasteiger partial charge in [-0.15, -0.1) is 0 Å². The van der Waals surface area contributed by atoms with Gasteiger partial charge >= 0.3 is 5.97 Å². The van der Waals surface area contributed by atoms with Crippen molar-refractivity contribution in [3.63, 3.8) is 0 Å². The molecule has 0 bridgehead atoms. The lowest BCUT2D eigenvalue weighted by Crippen LogP contribution is -2.33. The number of azide groups is 1. The number of methoxy groups -OCH3 is 1. The van der Waals surface area contributed by atoms with Gasteiger partial charge in [0.25, 0.3) is 0 Å². The summed E-state index contributed by atoms with van der Waals surface area (Å²) in [6.45, 7) is 0. The molecule has 6 heteroatoms. The van der Waals surface area contributed by atoms with Gasteiger partial charge in [0.15, 0.2) is 0 Å². The third kappa shape index (κ3) is 1.73. The first kappa shape index (κ1) is 12.6. The number of fused-ring (bicyclic) bond motifs is 1. The fourth-order valence-electron chi connectivity index (χ4n) is 2.85. The number of carbonyl (C=O) groups excluding carboxylic acids is 1. The molecule has 1 fully saturated rings. The highest BCUT2D eigenvalue weighted by molar-refractivity contribution is 5.87. The Morgan fingerprint density at radius 3 is 2.90 bits per heavy atom. The van der Waals surface area contributed by atoms with Gasteiger partial charge in [0, 0.05) is 27.4 Å². The highest BCUT2D eigenvalue weighted by Gasteiger charge is 2.55. The van der Waals surface area contributed by atoms with Crippen molar-refractivity contribution < 1.29 is 9.53 Å². The van der Waals surface area contributed by atoms with Crippen molar-refractivity contribution in [1.29, 1.82) is 0 Å². The number of hydrogen-bond acceptors (Lipinski definition) is 3. The Morgan fingerprint density at radius 1 is 1.50 bits per heavy atom. The van der Waals surface area contributed by atoms with Crippen LogP contribution in [0.5, 0.6) is 0 Å². The summed E-state index contributed by atoms with van der Waals surface area (Å²) in [4.78, 5) is 17.9. The normalized spacial score (nSPS) is 17.2. The van der Waals surface area contributed by atoms with Gasteiger partial charge in [0.05, 0.1) is 7.11 Å². The number of H-pyrrole nitrogens is 1. The summed E-state index contributed by atoms with van der Waals surface area (Å²) in [7, 11) is 1.31. The second-order valence-electron chi connectivity index (χ2n) is 5.03. The largest absolute Gasteiger partial charge is 0.469 e. The van der Waals surface area contributed by atoms with E-state index in [0.29, 0.717) is 0 Å². The van der Waals surface area contributed by atoms with Gasteiger partial charge in [-0.25, -0.2) is 0 Å². The highest BCUT2D eigenvalue weighted by Crippen LogP contribution is 2.54. The number of benzene rings is 1. The molecule has 0 saturated heterocycles. The van der Waals surface area contributed by atoms with E-state index >= 15 is 0 Å². The zero-order chi connectivity index (χ0) is 14.2. The van der Waals surface area contributed by atoms with E-state index in [1.54, 1.807) is 0 Å². The van der Waals surface area contributed by atoms with Crippen LogP contribution in [-0.4, -0.2) is 24.1 Å².